The van der Waals surface area contributed by atoms with Crippen LogP contribution >= 0.6 is 0 Å². The number of nitrogens with one attached hydrogen (secondary N) is 1. The van der Waals surface area contributed by atoms with E-state index in [0.717, 1.165) is 11.1 Å². The Morgan fingerprint density at radius 1 is 1.16 bits per heavy atom. The van der Waals surface area contributed by atoms with Gasteiger partial charge in [0.2, 0.25) is 0 Å². The molecule has 3 N–H and O–H groups in total. The summed E-state index contributed by atoms with van der Waals surface area (Å²) < 4.78 is 47.1. The van der Waals surface area contributed by atoms with Crippen molar-refractivity contribution in [3.63, 3.8) is 0 Å². The van der Waals surface area contributed by atoms with E-state index in [1.165, 1.54) is 18.2 Å². The summed E-state index contributed by atoms with van der Waals surface area (Å²) in [5, 5.41) is 3.22. The maximum atomic E-state index is 12.4. The third kappa shape index (κ3) is 4.31. The number of halogens is 3. The van der Waals surface area contributed by atoms with Crippen LogP contribution in [0.3, 0.4) is 0 Å². The Morgan fingerprint density at radius 2 is 1.84 bits per heavy atom. The maximum Gasteiger partial charge on any atom is 0.573 e. The zero-order valence-corrected chi connectivity index (χ0v) is 13.6. The van der Waals surface area contributed by atoms with E-state index in [4.69, 9.17) is 10.5 Å². The van der Waals surface area contributed by atoms with Crippen LogP contribution in [0.15, 0.2) is 48.5 Å². The van der Waals surface area contributed by atoms with E-state index in [1.807, 2.05) is 31.2 Å². The van der Waals surface area contributed by atoms with Crippen LogP contribution in [0.5, 0.6) is 5.75 Å². The molecule has 1 aliphatic heterocycles. The fourth-order valence-electron chi connectivity index (χ4n) is 2.94. The van der Waals surface area contributed by atoms with Crippen molar-refractivity contribution in [1.29, 1.82) is 0 Å². The lowest BCUT2D eigenvalue weighted by atomic mass is 9.91. The van der Waals surface area contributed by atoms with Gasteiger partial charge < -0.3 is 20.5 Å². The van der Waals surface area contributed by atoms with Gasteiger partial charge in [-0.25, -0.2) is 0 Å². The van der Waals surface area contributed by atoms with E-state index in [-0.39, 0.29) is 5.75 Å². The van der Waals surface area contributed by atoms with Crippen molar-refractivity contribution in [2.24, 2.45) is 5.73 Å². The highest BCUT2D eigenvalue weighted by Gasteiger charge is 2.33. The smallest absolute Gasteiger partial charge is 0.406 e. The van der Waals surface area contributed by atoms with Crippen molar-refractivity contribution in [2.45, 2.75) is 25.1 Å². The molecule has 0 amide bonds. The maximum absolute atomic E-state index is 12.4. The zero-order chi connectivity index (χ0) is 18.1. The Hall–Kier alpha value is -2.09. The average molecular weight is 352 g/mol. The monoisotopic (exact) mass is 352 g/mol. The average Bonchev–Trinajstić information content (AvgIpc) is 2.53. The highest BCUT2D eigenvalue weighted by Crippen LogP contribution is 2.33. The van der Waals surface area contributed by atoms with Crippen LogP contribution in [0.2, 0.25) is 0 Å². The van der Waals surface area contributed by atoms with Gasteiger partial charge in [0.05, 0.1) is 0 Å². The molecule has 1 aliphatic rings. The lowest BCUT2D eigenvalue weighted by Crippen LogP contribution is -2.53. The van der Waals surface area contributed by atoms with Crippen molar-refractivity contribution in [3.05, 3.63) is 54.1 Å². The molecular weight excluding hydrogens is 333 g/mol. The van der Waals surface area contributed by atoms with Crippen LogP contribution < -0.4 is 15.8 Å². The molecule has 2 aromatic rings. The number of ether oxygens (including phenoxy) is 2. The van der Waals surface area contributed by atoms with Gasteiger partial charge in [0.1, 0.15) is 17.6 Å². The summed E-state index contributed by atoms with van der Waals surface area (Å²) in [5.74, 6) is -0.251. The SMILES string of the molecule is CC1(c2cccc(-c3cccc(OC(F)(F)F)c3)c2)CNCC(N)O1. The first kappa shape index (κ1) is 17.7. The number of nitrogens with two attached hydrogens (primary N) is 1. The summed E-state index contributed by atoms with van der Waals surface area (Å²) in [6, 6.07) is 13.4. The number of hydrogen-bond acceptors (Lipinski definition) is 4. The van der Waals surface area contributed by atoms with E-state index in [1.54, 1.807) is 6.07 Å². The molecule has 2 atom stereocenters. The second kappa shape index (κ2) is 6.67. The summed E-state index contributed by atoms with van der Waals surface area (Å²) in [7, 11) is 0. The lowest BCUT2D eigenvalue weighted by molar-refractivity contribution is -0.274. The molecule has 0 saturated carbocycles. The normalized spacial score (nSPS) is 24.1. The van der Waals surface area contributed by atoms with Crippen LogP contribution in [-0.2, 0) is 10.3 Å². The van der Waals surface area contributed by atoms with Gasteiger partial charge in [-0.05, 0) is 41.8 Å². The van der Waals surface area contributed by atoms with Gasteiger partial charge in [0.25, 0.3) is 0 Å². The van der Waals surface area contributed by atoms with Gasteiger partial charge in [-0.15, -0.1) is 13.2 Å². The Morgan fingerprint density at radius 3 is 2.52 bits per heavy atom. The Labute approximate surface area is 143 Å². The van der Waals surface area contributed by atoms with E-state index in [2.05, 4.69) is 10.1 Å². The molecule has 2 aromatic carbocycles. The highest BCUT2D eigenvalue weighted by molar-refractivity contribution is 5.66. The topological polar surface area (TPSA) is 56.5 Å². The lowest BCUT2D eigenvalue weighted by Gasteiger charge is -2.38. The number of alkyl halides is 3. The Balaban J connectivity index is 1.90. The first-order valence-corrected chi connectivity index (χ1v) is 7.86. The summed E-state index contributed by atoms with van der Waals surface area (Å²) in [6.07, 6.45) is -5.13. The van der Waals surface area contributed by atoms with Crippen molar-refractivity contribution in [1.82, 2.24) is 5.32 Å². The van der Waals surface area contributed by atoms with Crippen LogP contribution in [0.4, 0.5) is 13.2 Å². The Bertz CT molecular complexity index is 751. The second-order valence-corrected chi connectivity index (χ2v) is 6.17. The molecule has 0 radical (unpaired) electrons. The van der Waals surface area contributed by atoms with Gasteiger partial charge in [-0.1, -0.05) is 30.3 Å². The standard InChI is InChI=1S/C18H19F3N2O2/c1-17(11-23-10-16(22)25-17)14-6-2-4-12(8-14)13-5-3-7-15(9-13)24-18(19,20)21/h2-9,16,23H,10-11,22H2,1H3. The molecule has 25 heavy (non-hydrogen) atoms. The zero-order valence-electron chi connectivity index (χ0n) is 13.6. The minimum absolute atomic E-state index is 0.251. The van der Waals surface area contributed by atoms with Crippen molar-refractivity contribution in [3.8, 4) is 16.9 Å². The predicted molar refractivity (Wildman–Crippen MR) is 87.8 cm³/mol. The molecule has 0 aliphatic carbocycles. The summed E-state index contributed by atoms with van der Waals surface area (Å²) in [4.78, 5) is 0. The molecule has 134 valence electrons. The number of benzene rings is 2. The molecule has 7 heteroatoms. The second-order valence-electron chi connectivity index (χ2n) is 6.17. The molecule has 2 unspecified atom stereocenters. The molecule has 0 spiro atoms. The van der Waals surface area contributed by atoms with E-state index < -0.39 is 18.2 Å². The van der Waals surface area contributed by atoms with Crippen molar-refractivity contribution >= 4 is 0 Å². The van der Waals surface area contributed by atoms with Gasteiger partial charge >= 0.3 is 6.36 Å². The minimum Gasteiger partial charge on any atom is -0.406 e. The van der Waals surface area contributed by atoms with E-state index in [0.29, 0.717) is 18.7 Å². The minimum atomic E-state index is -4.72. The third-order valence-electron chi connectivity index (χ3n) is 4.09. The van der Waals surface area contributed by atoms with Gasteiger partial charge in [-0.2, -0.15) is 0 Å². The third-order valence-corrected chi connectivity index (χ3v) is 4.09. The molecule has 1 heterocycles. The van der Waals surface area contributed by atoms with Crippen LogP contribution in [0, 0.1) is 0 Å². The molecule has 3 rings (SSSR count). The van der Waals surface area contributed by atoms with Gasteiger partial charge in [-0.3, -0.25) is 0 Å². The Kier molecular flexibility index (Phi) is 4.73. The molecule has 1 saturated heterocycles. The highest BCUT2D eigenvalue weighted by atomic mass is 19.4. The molecular formula is C18H19F3N2O2. The number of morpholine rings is 1. The molecule has 1 fully saturated rings. The summed E-state index contributed by atoms with van der Waals surface area (Å²) >= 11 is 0. The van der Waals surface area contributed by atoms with Gasteiger partial charge in [0, 0.05) is 13.1 Å². The summed E-state index contributed by atoms with van der Waals surface area (Å²) in [5.41, 5.74) is 7.56. The first-order chi connectivity index (χ1) is 11.8. The van der Waals surface area contributed by atoms with Crippen molar-refractivity contribution < 1.29 is 22.6 Å². The van der Waals surface area contributed by atoms with Crippen LogP contribution in [0.25, 0.3) is 11.1 Å². The van der Waals surface area contributed by atoms with Gasteiger partial charge in [0.15, 0.2) is 0 Å². The molecule has 0 bridgehead atoms. The molecule has 0 aromatic heterocycles. The first-order valence-electron chi connectivity index (χ1n) is 7.86. The fourth-order valence-corrected chi connectivity index (χ4v) is 2.94. The summed E-state index contributed by atoms with van der Waals surface area (Å²) in [6.45, 7) is 3.11. The fraction of sp³-hybridized carbons (Fsp3) is 0.333. The van der Waals surface area contributed by atoms with Crippen molar-refractivity contribution in [2.75, 3.05) is 13.1 Å². The number of hydrogen-bond donors (Lipinski definition) is 2. The van der Waals surface area contributed by atoms with E-state index in [9.17, 15) is 13.2 Å². The van der Waals surface area contributed by atoms with Crippen LogP contribution in [0.1, 0.15) is 12.5 Å². The predicted octanol–water partition coefficient (Wildman–Crippen LogP) is 3.37. The molecule has 4 nitrogen and oxygen atoms in total. The van der Waals surface area contributed by atoms with E-state index >= 15 is 0 Å². The largest absolute Gasteiger partial charge is 0.573 e. The number of rotatable bonds is 3. The van der Waals surface area contributed by atoms with Crippen LogP contribution in [-0.4, -0.2) is 25.7 Å². The quantitative estimate of drug-likeness (QED) is 0.889.